The van der Waals surface area contributed by atoms with Gasteiger partial charge in [0.1, 0.15) is 11.5 Å². The van der Waals surface area contributed by atoms with Crippen molar-refractivity contribution in [1.82, 2.24) is 14.3 Å². The fourth-order valence-corrected chi connectivity index (χ4v) is 6.32. The number of aromatic nitrogens is 3. The molecule has 1 aliphatic heterocycles. The molecule has 0 saturated heterocycles. The molecule has 10 nitrogen and oxygen atoms in total. The van der Waals surface area contributed by atoms with E-state index in [0.717, 1.165) is 17.0 Å². The Kier molecular flexibility index (Phi) is 8.20. The van der Waals surface area contributed by atoms with Crippen LogP contribution in [0.2, 0.25) is 0 Å². The second kappa shape index (κ2) is 12.4. The highest BCUT2D eigenvalue weighted by molar-refractivity contribution is 7.07. The van der Waals surface area contributed by atoms with Crippen molar-refractivity contribution in [3.8, 4) is 28.4 Å². The highest BCUT2D eigenvalue weighted by Crippen LogP contribution is 2.36. The molecule has 2 aromatic heterocycles. The number of fused-ring (bicyclic) bond motifs is 1. The summed E-state index contributed by atoms with van der Waals surface area (Å²) in [7, 11) is 2.69. The van der Waals surface area contributed by atoms with Crippen LogP contribution in [-0.2, 0) is 14.3 Å². The van der Waals surface area contributed by atoms with Gasteiger partial charge in [-0.2, -0.15) is 5.10 Å². The molecule has 1 atom stereocenters. The molecule has 3 heterocycles. The summed E-state index contributed by atoms with van der Waals surface area (Å²) >= 11 is 1.16. The first-order valence-electron chi connectivity index (χ1n) is 14.1. The molecular weight excluding hydrogens is 611 g/mol. The lowest BCUT2D eigenvalue weighted by atomic mass is 9.95. The number of para-hydroxylation sites is 1. The molecule has 0 unspecified atom stereocenters. The third-order valence-electron chi connectivity index (χ3n) is 7.35. The molecule has 0 N–H and O–H groups in total. The highest BCUT2D eigenvalue weighted by Gasteiger charge is 2.34. The molecule has 0 saturated carbocycles. The molecule has 232 valence electrons. The van der Waals surface area contributed by atoms with E-state index < -0.39 is 23.5 Å². The number of nitrogens with zero attached hydrogens (tertiary/aromatic N) is 4. The van der Waals surface area contributed by atoms with Crippen molar-refractivity contribution < 1.29 is 28.2 Å². The number of methoxy groups -OCH3 is 2. The first-order chi connectivity index (χ1) is 22.2. The number of esters is 2. The maximum Gasteiger partial charge on any atom is 0.338 e. The van der Waals surface area contributed by atoms with Crippen molar-refractivity contribution in [2.45, 2.75) is 19.9 Å². The third kappa shape index (κ3) is 5.66. The smallest absolute Gasteiger partial charge is 0.338 e. The molecule has 12 heteroatoms. The van der Waals surface area contributed by atoms with Crippen LogP contribution in [0, 0.1) is 5.82 Å². The quantitative estimate of drug-likeness (QED) is 0.193. The normalized spacial score (nSPS) is 14.5. The maximum atomic E-state index is 14.2. The predicted octanol–water partition coefficient (Wildman–Crippen LogP) is 4.33. The molecule has 0 fully saturated rings. The van der Waals surface area contributed by atoms with Gasteiger partial charge in [-0.25, -0.2) is 18.9 Å². The summed E-state index contributed by atoms with van der Waals surface area (Å²) in [4.78, 5) is 44.0. The van der Waals surface area contributed by atoms with E-state index in [9.17, 15) is 18.8 Å². The number of hydrogen-bond donors (Lipinski definition) is 0. The van der Waals surface area contributed by atoms with E-state index in [0.29, 0.717) is 37.4 Å². The summed E-state index contributed by atoms with van der Waals surface area (Å²) in [6.45, 7) is 2.95. The minimum atomic E-state index is -0.922. The van der Waals surface area contributed by atoms with Crippen LogP contribution in [0.25, 0.3) is 23.0 Å². The number of ether oxygens (including phenoxy) is 3. The van der Waals surface area contributed by atoms with Crippen LogP contribution in [0.3, 0.4) is 0 Å². The molecule has 0 bridgehead atoms. The van der Waals surface area contributed by atoms with Crippen molar-refractivity contribution in [2.24, 2.45) is 4.99 Å². The number of carbonyl (C=O) groups is 2. The Balaban J connectivity index is 1.56. The lowest BCUT2D eigenvalue weighted by Crippen LogP contribution is -2.39. The Morgan fingerprint density at radius 2 is 1.74 bits per heavy atom. The van der Waals surface area contributed by atoms with Crippen LogP contribution < -0.4 is 24.4 Å². The third-order valence-corrected chi connectivity index (χ3v) is 8.33. The van der Waals surface area contributed by atoms with Gasteiger partial charge in [-0.05, 0) is 67.1 Å². The van der Waals surface area contributed by atoms with Gasteiger partial charge in [0, 0.05) is 24.2 Å². The summed E-state index contributed by atoms with van der Waals surface area (Å²) < 4.78 is 33.1. The Bertz CT molecular complexity index is 2200. The molecule has 0 aliphatic carbocycles. The number of thiazole rings is 1. The standard InChI is InChI=1S/C34H27FN4O6S/c1-19-29(33(42)44-4)31(22-12-15-26(45-20(2)40)27(16-22)43-3)39-32(41)28(46-34(39)36-19)17-23-18-38(25-8-6-5-7-9-25)37-30(23)21-10-13-24(35)14-11-21/h5-18,31H,1-4H3/b28-17+/t31-/m1/s1. The van der Waals surface area contributed by atoms with E-state index in [1.807, 2.05) is 30.3 Å². The number of hydrogen-bond acceptors (Lipinski definition) is 9. The lowest BCUT2D eigenvalue weighted by molar-refractivity contribution is -0.136. The molecule has 0 spiro atoms. The van der Waals surface area contributed by atoms with Crippen molar-refractivity contribution >= 4 is 29.4 Å². The van der Waals surface area contributed by atoms with Crippen LogP contribution in [0.5, 0.6) is 11.5 Å². The van der Waals surface area contributed by atoms with Gasteiger partial charge >= 0.3 is 11.9 Å². The molecule has 6 rings (SSSR count). The van der Waals surface area contributed by atoms with Gasteiger partial charge in [-0.3, -0.25) is 14.2 Å². The molecule has 5 aromatic rings. The number of halogens is 1. The van der Waals surface area contributed by atoms with E-state index in [4.69, 9.17) is 19.3 Å². The van der Waals surface area contributed by atoms with Gasteiger partial charge < -0.3 is 14.2 Å². The fraction of sp³-hybridized carbons (Fsp3) is 0.147. The molecular formula is C34H27FN4O6S. The largest absolute Gasteiger partial charge is 0.493 e. The first kappa shape index (κ1) is 30.4. The van der Waals surface area contributed by atoms with Crippen LogP contribution in [0.15, 0.2) is 100 Å². The van der Waals surface area contributed by atoms with Gasteiger partial charge in [0.05, 0.1) is 41.8 Å². The van der Waals surface area contributed by atoms with Gasteiger partial charge in [0.2, 0.25) is 0 Å². The Hall–Kier alpha value is -5.62. The minimum Gasteiger partial charge on any atom is -0.493 e. The SMILES string of the molecule is COC(=O)C1=C(C)N=c2s/c(=C/c3cn(-c4ccccc4)nc3-c3ccc(F)cc3)c(=O)n2[C@@H]1c1ccc(OC(C)=O)c(OC)c1. The molecule has 3 aromatic carbocycles. The second-order valence-electron chi connectivity index (χ2n) is 10.3. The Morgan fingerprint density at radius 1 is 1.00 bits per heavy atom. The summed E-state index contributed by atoms with van der Waals surface area (Å²) in [5.74, 6) is -1.12. The van der Waals surface area contributed by atoms with E-state index in [2.05, 4.69) is 4.99 Å². The number of carbonyl (C=O) groups excluding carboxylic acids is 2. The zero-order valence-corrected chi connectivity index (χ0v) is 26.0. The number of allylic oxidation sites excluding steroid dienone is 1. The number of benzene rings is 3. The van der Waals surface area contributed by atoms with Gasteiger partial charge in [0.25, 0.3) is 5.56 Å². The summed E-state index contributed by atoms with van der Waals surface area (Å²) in [5.41, 5.74) is 3.30. The predicted molar refractivity (Wildman–Crippen MR) is 169 cm³/mol. The van der Waals surface area contributed by atoms with Crippen molar-refractivity contribution in [3.63, 3.8) is 0 Å². The van der Waals surface area contributed by atoms with E-state index in [-0.39, 0.29) is 22.9 Å². The molecule has 0 radical (unpaired) electrons. The Morgan fingerprint density at radius 3 is 2.41 bits per heavy atom. The average molecular weight is 639 g/mol. The average Bonchev–Trinajstić information content (AvgIpc) is 3.61. The van der Waals surface area contributed by atoms with Crippen molar-refractivity contribution in [1.29, 1.82) is 0 Å². The van der Waals surface area contributed by atoms with Gasteiger partial charge in [-0.15, -0.1) is 0 Å². The summed E-state index contributed by atoms with van der Waals surface area (Å²) in [6.07, 6.45) is 3.51. The monoisotopic (exact) mass is 638 g/mol. The van der Waals surface area contributed by atoms with E-state index in [1.54, 1.807) is 54.2 Å². The van der Waals surface area contributed by atoms with E-state index >= 15 is 0 Å². The van der Waals surface area contributed by atoms with Gasteiger partial charge in [-0.1, -0.05) is 35.6 Å². The zero-order chi connectivity index (χ0) is 32.5. The first-order valence-corrected chi connectivity index (χ1v) is 14.9. The fourth-order valence-electron chi connectivity index (χ4n) is 5.28. The van der Waals surface area contributed by atoms with Crippen LogP contribution in [-0.4, -0.2) is 40.5 Å². The van der Waals surface area contributed by atoms with E-state index in [1.165, 1.54) is 37.8 Å². The molecule has 0 amide bonds. The lowest BCUT2D eigenvalue weighted by Gasteiger charge is -2.25. The topological polar surface area (TPSA) is 114 Å². The minimum absolute atomic E-state index is 0.174. The van der Waals surface area contributed by atoms with Crippen molar-refractivity contribution in [2.75, 3.05) is 14.2 Å². The summed E-state index contributed by atoms with van der Waals surface area (Å²) in [5, 5.41) is 4.77. The van der Waals surface area contributed by atoms with Crippen LogP contribution in [0.1, 0.15) is 31.0 Å². The zero-order valence-electron chi connectivity index (χ0n) is 25.2. The maximum absolute atomic E-state index is 14.2. The summed E-state index contributed by atoms with van der Waals surface area (Å²) in [6, 6.07) is 19.3. The van der Waals surface area contributed by atoms with Crippen LogP contribution in [0.4, 0.5) is 4.39 Å². The van der Waals surface area contributed by atoms with Crippen molar-refractivity contribution in [3.05, 3.63) is 127 Å². The van der Waals surface area contributed by atoms with Gasteiger partial charge in [0.15, 0.2) is 16.3 Å². The Labute approximate surface area is 265 Å². The number of rotatable bonds is 7. The van der Waals surface area contributed by atoms with Crippen LogP contribution >= 0.6 is 11.3 Å². The molecule has 46 heavy (non-hydrogen) atoms. The second-order valence-corrected chi connectivity index (χ2v) is 11.3. The highest BCUT2D eigenvalue weighted by atomic mass is 32.1. The molecule has 1 aliphatic rings.